The lowest BCUT2D eigenvalue weighted by Crippen LogP contribution is -2.54. The van der Waals surface area contributed by atoms with Gasteiger partial charge in [-0.25, -0.2) is 8.42 Å². The van der Waals surface area contributed by atoms with Gasteiger partial charge in [0.15, 0.2) is 0 Å². The molecule has 0 bridgehead atoms. The summed E-state index contributed by atoms with van der Waals surface area (Å²) < 4.78 is 28.6. The van der Waals surface area contributed by atoms with E-state index in [4.69, 9.17) is 0 Å². The highest BCUT2D eigenvalue weighted by molar-refractivity contribution is 7.92. The van der Waals surface area contributed by atoms with Crippen molar-refractivity contribution in [3.05, 3.63) is 96.1 Å². The first kappa shape index (κ1) is 27.9. The summed E-state index contributed by atoms with van der Waals surface area (Å²) >= 11 is 0. The van der Waals surface area contributed by atoms with Gasteiger partial charge in [0.05, 0.1) is 10.6 Å². The predicted molar refractivity (Wildman–Crippen MR) is 147 cm³/mol. The topological polar surface area (TPSA) is 86.8 Å². The molecule has 7 nitrogen and oxygen atoms in total. The molecule has 0 saturated heterocycles. The van der Waals surface area contributed by atoms with Crippen LogP contribution in [0.5, 0.6) is 0 Å². The molecule has 0 radical (unpaired) electrons. The van der Waals surface area contributed by atoms with Crippen molar-refractivity contribution in [1.82, 2.24) is 10.2 Å². The normalized spacial score (nSPS) is 12.5. The molecule has 0 spiro atoms. The Morgan fingerprint density at radius 1 is 0.865 bits per heavy atom. The van der Waals surface area contributed by atoms with E-state index >= 15 is 0 Å². The van der Waals surface area contributed by atoms with Crippen molar-refractivity contribution in [2.24, 2.45) is 0 Å². The molecule has 3 aromatic rings. The molecule has 0 aromatic heterocycles. The summed E-state index contributed by atoms with van der Waals surface area (Å²) in [4.78, 5) is 28.4. The van der Waals surface area contributed by atoms with Crippen LogP contribution in [-0.2, 0) is 26.2 Å². The molecule has 1 atom stereocenters. The molecule has 1 N–H and O–H groups in total. The Balaban J connectivity index is 1.99. The van der Waals surface area contributed by atoms with Gasteiger partial charge in [-0.3, -0.25) is 13.9 Å². The second-order valence-corrected chi connectivity index (χ2v) is 11.9. The zero-order valence-corrected chi connectivity index (χ0v) is 22.8. The first-order chi connectivity index (χ1) is 17.4. The number of hydrogen-bond donors (Lipinski definition) is 1. The van der Waals surface area contributed by atoms with E-state index in [0.29, 0.717) is 5.69 Å². The zero-order chi connectivity index (χ0) is 27.2. The first-order valence-corrected chi connectivity index (χ1v) is 13.6. The van der Waals surface area contributed by atoms with Crippen molar-refractivity contribution in [3.63, 3.8) is 0 Å². The monoisotopic (exact) mass is 521 g/mol. The highest BCUT2D eigenvalue weighted by Crippen LogP contribution is 2.24. The molecule has 37 heavy (non-hydrogen) atoms. The smallest absolute Gasteiger partial charge is 0.264 e. The van der Waals surface area contributed by atoms with Gasteiger partial charge < -0.3 is 10.2 Å². The van der Waals surface area contributed by atoms with Crippen molar-refractivity contribution in [2.75, 3.05) is 10.8 Å². The minimum atomic E-state index is -4.06. The number of anilines is 1. The largest absolute Gasteiger partial charge is 0.350 e. The van der Waals surface area contributed by atoms with Gasteiger partial charge in [0.25, 0.3) is 10.0 Å². The molecule has 0 heterocycles. The van der Waals surface area contributed by atoms with Crippen molar-refractivity contribution >= 4 is 27.5 Å². The van der Waals surface area contributed by atoms with Crippen LogP contribution in [0.25, 0.3) is 0 Å². The third-order valence-electron chi connectivity index (χ3n) is 5.79. The van der Waals surface area contributed by atoms with Gasteiger partial charge in [0, 0.05) is 12.1 Å². The number of benzene rings is 3. The molecule has 2 amide bonds. The van der Waals surface area contributed by atoms with Crippen LogP contribution in [0.2, 0.25) is 0 Å². The molecule has 3 rings (SSSR count). The minimum absolute atomic E-state index is 0.0860. The summed E-state index contributed by atoms with van der Waals surface area (Å²) in [5.41, 5.74) is 1.63. The number of amides is 2. The summed E-state index contributed by atoms with van der Waals surface area (Å²) in [5.74, 6) is -0.801. The fraction of sp³-hybridized carbons (Fsp3) is 0.310. The Morgan fingerprint density at radius 2 is 1.41 bits per heavy atom. The molecule has 0 aliphatic rings. The Kier molecular flexibility index (Phi) is 8.76. The number of sulfonamides is 1. The maximum Gasteiger partial charge on any atom is 0.264 e. The number of nitrogens with zero attached hydrogens (tertiary/aromatic N) is 2. The molecule has 3 aromatic carbocycles. The van der Waals surface area contributed by atoms with E-state index < -0.39 is 34.1 Å². The van der Waals surface area contributed by atoms with Crippen LogP contribution in [0.1, 0.15) is 38.8 Å². The van der Waals surface area contributed by atoms with Crippen molar-refractivity contribution < 1.29 is 18.0 Å². The van der Waals surface area contributed by atoms with Gasteiger partial charge in [0.1, 0.15) is 12.6 Å². The fourth-order valence-corrected chi connectivity index (χ4v) is 5.21. The van der Waals surface area contributed by atoms with E-state index in [1.807, 2.05) is 58.0 Å². The number of hydrogen-bond acceptors (Lipinski definition) is 4. The summed E-state index contributed by atoms with van der Waals surface area (Å²) in [5, 5.41) is 2.92. The third-order valence-corrected chi connectivity index (χ3v) is 7.58. The molecular weight excluding hydrogens is 486 g/mol. The van der Waals surface area contributed by atoms with E-state index in [1.54, 1.807) is 49.4 Å². The molecule has 0 aliphatic carbocycles. The quantitative estimate of drug-likeness (QED) is 0.449. The van der Waals surface area contributed by atoms with Crippen LogP contribution in [0, 0.1) is 6.92 Å². The minimum Gasteiger partial charge on any atom is -0.350 e. The Hall–Kier alpha value is -3.65. The number of para-hydroxylation sites is 1. The number of carbonyl (C=O) groups is 2. The van der Waals surface area contributed by atoms with Crippen molar-refractivity contribution in [3.8, 4) is 0 Å². The van der Waals surface area contributed by atoms with Crippen LogP contribution >= 0.6 is 0 Å². The standard InChI is InChI=1S/C29H35N3O4S/c1-22-16-18-26(19-17-22)37(35,36)32(25-14-10-7-11-15-25)21-27(33)31(20-24-12-8-6-9-13-24)23(2)28(34)30-29(3,4)5/h6-19,23H,20-21H2,1-5H3,(H,30,34). The Morgan fingerprint density at radius 3 is 1.95 bits per heavy atom. The van der Waals surface area contributed by atoms with Gasteiger partial charge in [-0.2, -0.15) is 0 Å². The summed E-state index contributed by atoms with van der Waals surface area (Å²) in [6, 6.07) is 23.5. The van der Waals surface area contributed by atoms with Crippen molar-refractivity contribution in [2.45, 2.75) is 57.6 Å². The third kappa shape index (κ3) is 7.43. The highest BCUT2D eigenvalue weighted by Gasteiger charge is 2.33. The van der Waals surface area contributed by atoms with Gasteiger partial charge in [0.2, 0.25) is 11.8 Å². The van der Waals surface area contributed by atoms with Gasteiger partial charge in [-0.05, 0) is 64.4 Å². The van der Waals surface area contributed by atoms with E-state index in [1.165, 1.54) is 17.0 Å². The average Bonchev–Trinajstić information content (AvgIpc) is 2.85. The molecule has 1 unspecified atom stereocenters. The van der Waals surface area contributed by atoms with E-state index in [9.17, 15) is 18.0 Å². The van der Waals surface area contributed by atoms with Gasteiger partial charge >= 0.3 is 0 Å². The maximum absolute atomic E-state index is 13.8. The lowest BCUT2D eigenvalue weighted by atomic mass is 10.1. The molecule has 196 valence electrons. The Bertz CT molecular complexity index is 1300. The first-order valence-electron chi connectivity index (χ1n) is 12.2. The number of rotatable bonds is 9. The second kappa shape index (κ2) is 11.6. The summed E-state index contributed by atoms with van der Waals surface area (Å²) in [6.45, 7) is 8.83. The summed E-state index contributed by atoms with van der Waals surface area (Å²) in [6.07, 6.45) is 0. The SMILES string of the molecule is Cc1ccc(S(=O)(=O)N(CC(=O)N(Cc2ccccc2)C(C)C(=O)NC(C)(C)C)c2ccccc2)cc1. The molecule has 0 saturated carbocycles. The second-order valence-electron chi connectivity index (χ2n) is 10.1. The van der Waals surface area contributed by atoms with Gasteiger partial charge in [-0.1, -0.05) is 66.2 Å². The molecule has 0 fully saturated rings. The molecule has 8 heteroatoms. The molecule has 0 aliphatic heterocycles. The summed E-state index contributed by atoms with van der Waals surface area (Å²) in [7, 11) is -4.06. The van der Waals surface area contributed by atoms with Crippen LogP contribution in [0.4, 0.5) is 5.69 Å². The van der Waals surface area contributed by atoms with Crippen molar-refractivity contribution in [1.29, 1.82) is 0 Å². The fourth-order valence-electron chi connectivity index (χ4n) is 3.80. The maximum atomic E-state index is 13.8. The van der Waals surface area contributed by atoms with Crippen LogP contribution in [0.3, 0.4) is 0 Å². The number of nitrogens with one attached hydrogen (secondary N) is 1. The van der Waals surface area contributed by atoms with Crippen LogP contribution in [0.15, 0.2) is 89.8 Å². The molecular formula is C29H35N3O4S. The van der Waals surface area contributed by atoms with Crippen LogP contribution in [-0.4, -0.2) is 43.3 Å². The number of aryl methyl sites for hydroxylation is 1. The van der Waals surface area contributed by atoms with E-state index in [0.717, 1.165) is 15.4 Å². The van der Waals surface area contributed by atoms with Crippen LogP contribution < -0.4 is 9.62 Å². The Labute approximate surface area is 220 Å². The lowest BCUT2D eigenvalue weighted by molar-refractivity contribution is -0.140. The van der Waals surface area contributed by atoms with E-state index in [-0.39, 0.29) is 17.3 Å². The predicted octanol–water partition coefficient (Wildman–Crippen LogP) is 4.52. The van der Waals surface area contributed by atoms with E-state index in [2.05, 4.69) is 5.32 Å². The lowest BCUT2D eigenvalue weighted by Gasteiger charge is -2.33. The number of carbonyl (C=O) groups excluding carboxylic acids is 2. The zero-order valence-electron chi connectivity index (χ0n) is 22.0. The highest BCUT2D eigenvalue weighted by atomic mass is 32.2. The van der Waals surface area contributed by atoms with Gasteiger partial charge in [-0.15, -0.1) is 0 Å². The average molecular weight is 522 g/mol.